The van der Waals surface area contributed by atoms with E-state index in [-0.39, 0.29) is 5.41 Å². The van der Waals surface area contributed by atoms with E-state index in [2.05, 4.69) is 40.9 Å². The molecule has 1 aromatic heterocycles. The molecule has 0 amide bonds. The first kappa shape index (κ1) is 13.1. The third-order valence-electron chi connectivity index (χ3n) is 4.13. The molecule has 19 heavy (non-hydrogen) atoms. The second-order valence-electron chi connectivity index (χ2n) is 6.91. The Labute approximate surface area is 114 Å². The van der Waals surface area contributed by atoms with Crippen molar-refractivity contribution in [3.8, 4) is 0 Å². The minimum atomic E-state index is 0.00785. The van der Waals surface area contributed by atoms with Crippen LogP contribution in [-0.2, 0) is 16.7 Å². The maximum Gasteiger partial charge on any atom is 0.156 e. The molecule has 2 fully saturated rings. The summed E-state index contributed by atoms with van der Waals surface area (Å²) in [5.74, 6) is 1.89. The van der Waals surface area contributed by atoms with Crippen molar-refractivity contribution in [2.24, 2.45) is 0 Å². The van der Waals surface area contributed by atoms with Crippen LogP contribution in [0.4, 0.5) is 0 Å². The molecule has 1 aromatic rings. The topological polar surface area (TPSA) is 54.0 Å². The number of nitrogens with one attached hydrogen (secondary N) is 1. The molecule has 0 radical (unpaired) electrons. The summed E-state index contributed by atoms with van der Waals surface area (Å²) in [6, 6.07) is 0. The Kier molecular flexibility index (Phi) is 3.14. The van der Waals surface area contributed by atoms with Crippen LogP contribution in [0.1, 0.15) is 51.7 Å². The fraction of sp³-hybridized carbons (Fsp3) is 0.857. The highest BCUT2D eigenvalue weighted by Gasteiger charge is 2.49. The Bertz CT molecular complexity index is 445. The summed E-state index contributed by atoms with van der Waals surface area (Å²) in [7, 11) is 0. The van der Waals surface area contributed by atoms with Gasteiger partial charge in [-0.25, -0.2) is 4.98 Å². The van der Waals surface area contributed by atoms with Crippen LogP contribution in [0.5, 0.6) is 0 Å². The van der Waals surface area contributed by atoms with E-state index in [1.165, 1.54) is 12.8 Å². The van der Waals surface area contributed by atoms with Crippen LogP contribution in [0, 0.1) is 0 Å². The minimum Gasteiger partial charge on any atom is -0.379 e. The van der Waals surface area contributed by atoms with Gasteiger partial charge in [-0.3, -0.25) is 10.00 Å². The van der Waals surface area contributed by atoms with E-state index in [0.717, 1.165) is 44.4 Å². The molecule has 1 aliphatic heterocycles. The fourth-order valence-corrected chi connectivity index (χ4v) is 2.68. The van der Waals surface area contributed by atoms with Gasteiger partial charge in [-0.2, -0.15) is 5.10 Å². The molecule has 5 nitrogen and oxygen atoms in total. The first-order valence-electron chi connectivity index (χ1n) is 7.24. The van der Waals surface area contributed by atoms with Crippen molar-refractivity contribution in [2.45, 2.75) is 57.5 Å². The maximum absolute atomic E-state index is 5.71. The molecule has 5 heteroatoms. The van der Waals surface area contributed by atoms with Gasteiger partial charge in [0.2, 0.25) is 0 Å². The Morgan fingerprint density at radius 2 is 2.16 bits per heavy atom. The van der Waals surface area contributed by atoms with Crippen LogP contribution < -0.4 is 0 Å². The van der Waals surface area contributed by atoms with Gasteiger partial charge in [0, 0.05) is 24.1 Å². The quantitative estimate of drug-likeness (QED) is 0.886. The Hall–Kier alpha value is -0.940. The molecule has 3 rings (SSSR count). The molecule has 1 aliphatic carbocycles. The van der Waals surface area contributed by atoms with Gasteiger partial charge in [0.1, 0.15) is 5.82 Å². The van der Waals surface area contributed by atoms with Gasteiger partial charge < -0.3 is 4.74 Å². The normalized spacial score (nSPS) is 23.5. The predicted molar refractivity (Wildman–Crippen MR) is 72.9 cm³/mol. The van der Waals surface area contributed by atoms with E-state index in [0.29, 0.717) is 5.54 Å². The van der Waals surface area contributed by atoms with Crippen LogP contribution >= 0.6 is 0 Å². The lowest BCUT2D eigenvalue weighted by molar-refractivity contribution is 0.0828. The van der Waals surface area contributed by atoms with Crippen molar-refractivity contribution in [3.63, 3.8) is 0 Å². The first-order valence-corrected chi connectivity index (χ1v) is 7.24. The number of ether oxygens (including phenoxy) is 1. The number of nitrogens with zero attached hydrogens (tertiary/aromatic N) is 3. The van der Waals surface area contributed by atoms with Crippen molar-refractivity contribution < 1.29 is 4.74 Å². The third-order valence-corrected chi connectivity index (χ3v) is 4.13. The molecular weight excluding hydrogens is 240 g/mol. The second-order valence-corrected chi connectivity index (χ2v) is 6.91. The van der Waals surface area contributed by atoms with Gasteiger partial charge in [-0.1, -0.05) is 20.8 Å². The van der Waals surface area contributed by atoms with E-state index in [9.17, 15) is 0 Å². The van der Waals surface area contributed by atoms with E-state index < -0.39 is 0 Å². The molecule has 1 saturated heterocycles. The lowest BCUT2D eigenvalue weighted by Gasteiger charge is -2.28. The molecule has 1 saturated carbocycles. The first-order chi connectivity index (χ1) is 9.00. The lowest BCUT2D eigenvalue weighted by atomic mass is 9.96. The van der Waals surface area contributed by atoms with Gasteiger partial charge >= 0.3 is 0 Å². The van der Waals surface area contributed by atoms with Gasteiger partial charge in [-0.15, -0.1) is 0 Å². The van der Waals surface area contributed by atoms with Gasteiger partial charge in [0.25, 0.3) is 0 Å². The Morgan fingerprint density at radius 1 is 1.37 bits per heavy atom. The van der Waals surface area contributed by atoms with Crippen molar-refractivity contribution in [2.75, 3.05) is 19.8 Å². The van der Waals surface area contributed by atoms with Crippen molar-refractivity contribution in [1.82, 2.24) is 20.1 Å². The number of H-pyrrole nitrogens is 1. The molecule has 2 heterocycles. The molecule has 2 aliphatic rings. The van der Waals surface area contributed by atoms with Crippen molar-refractivity contribution >= 4 is 0 Å². The van der Waals surface area contributed by atoms with Crippen molar-refractivity contribution in [3.05, 3.63) is 11.6 Å². The molecule has 1 N–H and O–H groups in total. The van der Waals surface area contributed by atoms with Crippen molar-refractivity contribution in [1.29, 1.82) is 0 Å². The zero-order chi connectivity index (χ0) is 13.5. The summed E-state index contributed by atoms with van der Waals surface area (Å²) < 4.78 is 5.71. The standard InChI is InChI=1S/C14H24N4O/c1-13(2,3)12-15-11(16-17-12)9-18-7-4-8-19-10-14(18)5-6-14/h4-10H2,1-3H3,(H,15,16,17). The average molecular weight is 264 g/mol. The largest absolute Gasteiger partial charge is 0.379 e. The highest BCUT2D eigenvalue weighted by molar-refractivity contribution is 5.07. The van der Waals surface area contributed by atoms with Crippen LogP contribution in [0.3, 0.4) is 0 Å². The van der Waals surface area contributed by atoms with Crippen LogP contribution in [-0.4, -0.2) is 45.4 Å². The molecule has 0 atom stereocenters. The summed E-state index contributed by atoms with van der Waals surface area (Å²) in [4.78, 5) is 7.19. The summed E-state index contributed by atoms with van der Waals surface area (Å²) in [6.45, 7) is 10.2. The Balaban J connectivity index is 1.72. The van der Waals surface area contributed by atoms with Crippen LogP contribution in [0.15, 0.2) is 0 Å². The lowest BCUT2D eigenvalue weighted by Crippen LogP contribution is -2.39. The highest BCUT2D eigenvalue weighted by Crippen LogP contribution is 2.43. The molecule has 0 unspecified atom stereocenters. The van der Waals surface area contributed by atoms with Gasteiger partial charge in [-0.05, 0) is 19.3 Å². The Morgan fingerprint density at radius 3 is 2.79 bits per heavy atom. The number of aromatic amines is 1. The van der Waals surface area contributed by atoms with E-state index >= 15 is 0 Å². The van der Waals surface area contributed by atoms with Gasteiger partial charge in [0.05, 0.1) is 13.2 Å². The minimum absolute atomic E-state index is 0.00785. The van der Waals surface area contributed by atoms with E-state index in [1.807, 2.05) is 0 Å². The predicted octanol–water partition coefficient (Wildman–Crippen LogP) is 1.86. The summed E-state index contributed by atoms with van der Waals surface area (Å²) in [5, 5.41) is 7.45. The number of hydrogen-bond donors (Lipinski definition) is 1. The van der Waals surface area contributed by atoms with Gasteiger partial charge in [0.15, 0.2) is 5.82 Å². The zero-order valence-corrected chi connectivity index (χ0v) is 12.2. The SMILES string of the molecule is CC(C)(C)c1n[nH]c(CN2CCCOCC23CC3)n1. The monoisotopic (exact) mass is 264 g/mol. The number of aromatic nitrogens is 3. The second kappa shape index (κ2) is 4.56. The number of rotatable bonds is 2. The molecule has 0 aromatic carbocycles. The molecular formula is C14H24N4O. The van der Waals surface area contributed by atoms with E-state index in [1.54, 1.807) is 0 Å². The average Bonchev–Trinajstić information content (AvgIpc) is 3.01. The maximum atomic E-state index is 5.71. The molecule has 0 bridgehead atoms. The van der Waals surface area contributed by atoms with Crippen LogP contribution in [0.2, 0.25) is 0 Å². The fourth-order valence-electron chi connectivity index (χ4n) is 2.68. The highest BCUT2D eigenvalue weighted by atomic mass is 16.5. The molecule has 106 valence electrons. The third kappa shape index (κ3) is 2.67. The number of hydrogen-bond acceptors (Lipinski definition) is 4. The summed E-state index contributed by atoms with van der Waals surface area (Å²) in [6.07, 6.45) is 3.63. The smallest absolute Gasteiger partial charge is 0.156 e. The van der Waals surface area contributed by atoms with Crippen LogP contribution in [0.25, 0.3) is 0 Å². The molecule has 1 spiro atoms. The van der Waals surface area contributed by atoms with E-state index in [4.69, 9.17) is 4.74 Å². The summed E-state index contributed by atoms with van der Waals surface area (Å²) >= 11 is 0. The zero-order valence-electron chi connectivity index (χ0n) is 12.2. The summed E-state index contributed by atoms with van der Waals surface area (Å²) in [5.41, 5.74) is 0.305.